The molecule has 1 heterocycles. The van der Waals surface area contributed by atoms with Gasteiger partial charge < -0.3 is 15.3 Å². The normalized spacial score (nSPS) is 19.4. The van der Waals surface area contributed by atoms with Gasteiger partial charge in [-0.05, 0) is 25.3 Å². The lowest BCUT2D eigenvalue weighted by molar-refractivity contribution is 0.224. The molecule has 1 atom stereocenters. The summed E-state index contributed by atoms with van der Waals surface area (Å²) < 4.78 is 0. The molecule has 0 radical (unpaired) electrons. The van der Waals surface area contributed by atoms with Gasteiger partial charge in [-0.2, -0.15) is 0 Å². The molecule has 0 aromatic heterocycles. The number of hydrogen-bond donors (Lipinski definition) is 2. The van der Waals surface area contributed by atoms with Crippen LogP contribution in [-0.2, 0) is 0 Å². The van der Waals surface area contributed by atoms with Gasteiger partial charge in [-0.1, -0.05) is 32.6 Å². The Morgan fingerprint density at radius 2 is 1.88 bits per heavy atom. The molecule has 1 saturated heterocycles. The molecule has 1 fully saturated rings. The Hall–Kier alpha value is -0.120. The summed E-state index contributed by atoms with van der Waals surface area (Å²) in [6.45, 7) is 8.61. The van der Waals surface area contributed by atoms with Crippen molar-refractivity contribution >= 4 is 0 Å². The third-order valence-electron chi connectivity index (χ3n) is 3.78. The van der Waals surface area contributed by atoms with Gasteiger partial charge >= 0.3 is 0 Å². The van der Waals surface area contributed by atoms with Crippen LogP contribution in [0.4, 0.5) is 0 Å². The highest BCUT2D eigenvalue weighted by Gasteiger charge is 2.10. The number of hydrogen-bond acceptors (Lipinski definition) is 3. The van der Waals surface area contributed by atoms with E-state index < -0.39 is 0 Å². The summed E-state index contributed by atoms with van der Waals surface area (Å²) in [4.78, 5) is 2.57. The molecule has 102 valence electrons. The molecule has 2 N–H and O–H groups in total. The molecule has 0 spiro atoms. The van der Waals surface area contributed by atoms with E-state index in [4.69, 9.17) is 5.11 Å². The lowest BCUT2D eigenvalue weighted by atomic mass is 9.94. The Labute approximate surface area is 107 Å². The van der Waals surface area contributed by atoms with Crippen LogP contribution in [0, 0.1) is 5.92 Å². The average molecular weight is 242 g/mol. The molecule has 0 aromatic rings. The summed E-state index contributed by atoms with van der Waals surface area (Å²) in [7, 11) is 0. The molecule has 0 bridgehead atoms. The second kappa shape index (κ2) is 9.86. The predicted octanol–water partition coefficient (Wildman–Crippen LogP) is 1.86. The van der Waals surface area contributed by atoms with Crippen molar-refractivity contribution in [2.75, 3.05) is 39.3 Å². The van der Waals surface area contributed by atoms with E-state index in [2.05, 4.69) is 17.1 Å². The van der Waals surface area contributed by atoms with Crippen LogP contribution in [0.1, 0.15) is 45.4 Å². The maximum Gasteiger partial charge on any atom is 0.0433 e. The minimum atomic E-state index is 0.364. The molecule has 0 amide bonds. The van der Waals surface area contributed by atoms with Crippen LogP contribution in [0.25, 0.3) is 0 Å². The van der Waals surface area contributed by atoms with Crippen LogP contribution >= 0.6 is 0 Å². The number of unbranched alkanes of at least 4 members (excludes halogenated alkanes) is 1. The maximum absolute atomic E-state index is 9.01. The molecule has 17 heavy (non-hydrogen) atoms. The summed E-state index contributed by atoms with van der Waals surface area (Å²) in [6.07, 6.45) is 7.50. The summed E-state index contributed by atoms with van der Waals surface area (Å²) in [5.41, 5.74) is 0. The Morgan fingerprint density at radius 3 is 2.53 bits per heavy atom. The van der Waals surface area contributed by atoms with Gasteiger partial charge in [0, 0.05) is 32.8 Å². The van der Waals surface area contributed by atoms with Gasteiger partial charge in [-0.25, -0.2) is 0 Å². The molecular formula is C14H30N2O. The second-order valence-corrected chi connectivity index (χ2v) is 5.25. The SMILES string of the molecule is CCC[C@@H](CCO)CCCCN1CCNCC1. The Kier molecular flexibility index (Phi) is 8.67. The van der Waals surface area contributed by atoms with E-state index >= 15 is 0 Å². The first-order chi connectivity index (χ1) is 8.36. The minimum Gasteiger partial charge on any atom is -0.396 e. The van der Waals surface area contributed by atoms with E-state index in [0.717, 1.165) is 25.4 Å². The number of piperazine rings is 1. The monoisotopic (exact) mass is 242 g/mol. The molecule has 3 heteroatoms. The molecular weight excluding hydrogens is 212 g/mol. The third-order valence-corrected chi connectivity index (χ3v) is 3.78. The zero-order chi connectivity index (χ0) is 12.3. The zero-order valence-corrected chi connectivity index (χ0v) is 11.5. The van der Waals surface area contributed by atoms with Crippen molar-refractivity contribution in [1.82, 2.24) is 10.2 Å². The van der Waals surface area contributed by atoms with Crippen LogP contribution in [0.5, 0.6) is 0 Å². The molecule has 0 saturated carbocycles. The molecule has 3 nitrogen and oxygen atoms in total. The minimum absolute atomic E-state index is 0.364. The Bertz CT molecular complexity index is 164. The van der Waals surface area contributed by atoms with Gasteiger partial charge in [0.25, 0.3) is 0 Å². The summed E-state index contributed by atoms with van der Waals surface area (Å²) in [6, 6.07) is 0. The van der Waals surface area contributed by atoms with E-state index in [9.17, 15) is 0 Å². The highest BCUT2D eigenvalue weighted by atomic mass is 16.3. The fraction of sp³-hybridized carbons (Fsp3) is 1.00. The molecule has 0 aliphatic carbocycles. The number of aliphatic hydroxyl groups excluding tert-OH is 1. The van der Waals surface area contributed by atoms with E-state index in [0.29, 0.717) is 6.61 Å². The third kappa shape index (κ3) is 7.02. The smallest absolute Gasteiger partial charge is 0.0433 e. The Balaban J connectivity index is 2.00. The number of rotatable bonds is 9. The van der Waals surface area contributed by atoms with Gasteiger partial charge in [0.1, 0.15) is 0 Å². The van der Waals surface area contributed by atoms with E-state index in [1.54, 1.807) is 0 Å². The fourth-order valence-electron chi connectivity index (χ4n) is 2.73. The first kappa shape index (κ1) is 14.9. The predicted molar refractivity (Wildman–Crippen MR) is 73.3 cm³/mol. The first-order valence-corrected chi connectivity index (χ1v) is 7.40. The lowest BCUT2D eigenvalue weighted by Crippen LogP contribution is -2.43. The highest BCUT2D eigenvalue weighted by Crippen LogP contribution is 2.18. The fourth-order valence-corrected chi connectivity index (χ4v) is 2.73. The van der Waals surface area contributed by atoms with Crippen molar-refractivity contribution in [2.45, 2.75) is 45.4 Å². The van der Waals surface area contributed by atoms with Gasteiger partial charge in [0.05, 0.1) is 0 Å². The topological polar surface area (TPSA) is 35.5 Å². The highest BCUT2D eigenvalue weighted by molar-refractivity contribution is 4.67. The number of aliphatic hydroxyl groups is 1. The molecule has 1 aliphatic rings. The van der Waals surface area contributed by atoms with Gasteiger partial charge in [-0.3, -0.25) is 0 Å². The molecule has 1 aliphatic heterocycles. The first-order valence-electron chi connectivity index (χ1n) is 7.40. The number of nitrogens with zero attached hydrogens (tertiary/aromatic N) is 1. The summed E-state index contributed by atoms with van der Waals surface area (Å²) >= 11 is 0. The van der Waals surface area contributed by atoms with E-state index in [-0.39, 0.29) is 0 Å². The summed E-state index contributed by atoms with van der Waals surface area (Å²) in [5.74, 6) is 0.757. The van der Waals surface area contributed by atoms with Crippen molar-refractivity contribution in [1.29, 1.82) is 0 Å². The molecule has 0 unspecified atom stereocenters. The van der Waals surface area contributed by atoms with Gasteiger partial charge in [-0.15, -0.1) is 0 Å². The van der Waals surface area contributed by atoms with Crippen molar-refractivity contribution < 1.29 is 5.11 Å². The largest absolute Gasteiger partial charge is 0.396 e. The lowest BCUT2D eigenvalue weighted by Gasteiger charge is -2.27. The van der Waals surface area contributed by atoms with Crippen LogP contribution < -0.4 is 5.32 Å². The van der Waals surface area contributed by atoms with Crippen LogP contribution in [0.2, 0.25) is 0 Å². The molecule has 1 rings (SSSR count). The van der Waals surface area contributed by atoms with Crippen molar-refractivity contribution in [3.8, 4) is 0 Å². The second-order valence-electron chi connectivity index (χ2n) is 5.25. The quantitative estimate of drug-likeness (QED) is 0.606. The molecule has 0 aromatic carbocycles. The Morgan fingerprint density at radius 1 is 1.12 bits per heavy atom. The van der Waals surface area contributed by atoms with Crippen molar-refractivity contribution in [3.63, 3.8) is 0 Å². The van der Waals surface area contributed by atoms with E-state index in [1.165, 1.54) is 51.7 Å². The van der Waals surface area contributed by atoms with E-state index in [1.807, 2.05) is 0 Å². The average Bonchev–Trinajstić information content (AvgIpc) is 2.36. The van der Waals surface area contributed by atoms with Crippen LogP contribution in [-0.4, -0.2) is 49.3 Å². The number of nitrogens with one attached hydrogen (secondary N) is 1. The summed E-state index contributed by atoms with van der Waals surface area (Å²) in [5, 5.41) is 12.4. The van der Waals surface area contributed by atoms with Crippen molar-refractivity contribution in [2.24, 2.45) is 5.92 Å². The van der Waals surface area contributed by atoms with Gasteiger partial charge in [0.15, 0.2) is 0 Å². The van der Waals surface area contributed by atoms with Gasteiger partial charge in [0.2, 0.25) is 0 Å². The van der Waals surface area contributed by atoms with Crippen LogP contribution in [0.3, 0.4) is 0 Å². The van der Waals surface area contributed by atoms with Crippen molar-refractivity contribution in [3.05, 3.63) is 0 Å². The zero-order valence-electron chi connectivity index (χ0n) is 11.5. The van der Waals surface area contributed by atoms with Crippen LogP contribution in [0.15, 0.2) is 0 Å². The standard InChI is InChI=1S/C14H30N2O/c1-2-5-14(7-13-17)6-3-4-10-16-11-8-15-9-12-16/h14-15,17H,2-13H2,1H3/t14-/m1/s1. The maximum atomic E-state index is 9.01.